The highest BCUT2D eigenvalue weighted by atomic mass is 16.5. The third kappa shape index (κ3) is 4.90. The summed E-state index contributed by atoms with van der Waals surface area (Å²) in [5.74, 6) is 1.26. The number of aliphatic hydroxyl groups is 1. The summed E-state index contributed by atoms with van der Waals surface area (Å²) in [5.41, 5.74) is 1.05. The average Bonchev–Trinajstić information content (AvgIpc) is 3.15. The lowest BCUT2D eigenvalue weighted by atomic mass is 10.0. The number of benzene rings is 1. The Hall–Kier alpha value is -1.87. The van der Waals surface area contributed by atoms with Crippen molar-refractivity contribution in [2.75, 3.05) is 53.6 Å². The molecule has 2 heterocycles. The van der Waals surface area contributed by atoms with Crippen molar-refractivity contribution < 1.29 is 24.1 Å². The van der Waals surface area contributed by atoms with Gasteiger partial charge in [0.1, 0.15) is 0 Å². The molecule has 1 amide bonds. The number of nitrogens with zero attached hydrogens (tertiary/aromatic N) is 1. The van der Waals surface area contributed by atoms with Crippen molar-refractivity contribution in [1.29, 1.82) is 0 Å². The lowest BCUT2D eigenvalue weighted by Crippen LogP contribution is -2.47. The molecule has 0 bridgehead atoms. The number of hydrogen-bond acceptors (Lipinski definition) is 7. The van der Waals surface area contributed by atoms with Crippen LogP contribution < -0.4 is 20.1 Å². The Morgan fingerprint density at radius 3 is 2.70 bits per heavy atom. The van der Waals surface area contributed by atoms with E-state index in [1.54, 1.807) is 14.2 Å². The lowest BCUT2D eigenvalue weighted by Gasteiger charge is -2.35. The smallest absolute Gasteiger partial charge is 0.237 e. The third-order valence-electron chi connectivity index (χ3n) is 5.17. The number of ether oxygens (including phenoxy) is 3. The molecule has 150 valence electrons. The molecule has 3 unspecified atom stereocenters. The first-order valence-corrected chi connectivity index (χ1v) is 9.35. The van der Waals surface area contributed by atoms with Crippen LogP contribution in [0.15, 0.2) is 18.2 Å². The minimum absolute atomic E-state index is 0.00369. The minimum atomic E-state index is -0.457. The second kappa shape index (κ2) is 9.36. The van der Waals surface area contributed by atoms with Crippen molar-refractivity contribution >= 4 is 5.91 Å². The number of methoxy groups -OCH3 is 2. The summed E-state index contributed by atoms with van der Waals surface area (Å²) in [6, 6.07) is 5.52. The molecule has 1 aromatic rings. The molecule has 2 aliphatic heterocycles. The van der Waals surface area contributed by atoms with Crippen molar-refractivity contribution in [2.24, 2.45) is 0 Å². The Bertz CT molecular complexity index is 636. The van der Waals surface area contributed by atoms with Gasteiger partial charge in [-0.25, -0.2) is 0 Å². The molecule has 3 atom stereocenters. The predicted octanol–water partition coefficient (Wildman–Crippen LogP) is -0.0839. The van der Waals surface area contributed by atoms with E-state index in [2.05, 4.69) is 15.5 Å². The fourth-order valence-electron chi connectivity index (χ4n) is 3.64. The molecule has 2 saturated heterocycles. The molecule has 0 radical (unpaired) electrons. The highest BCUT2D eigenvalue weighted by molar-refractivity contribution is 5.82. The van der Waals surface area contributed by atoms with Crippen LogP contribution in [0.5, 0.6) is 11.5 Å². The molecule has 3 N–H and O–H groups in total. The molecular formula is C19H29N3O5. The van der Waals surface area contributed by atoms with Crippen molar-refractivity contribution in [3.8, 4) is 11.5 Å². The van der Waals surface area contributed by atoms with Gasteiger partial charge >= 0.3 is 0 Å². The summed E-state index contributed by atoms with van der Waals surface area (Å²) in [7, 11) is 3.23. The number of β-amino-alcohol motifs (C(OH)–C–C–N with tert-alkyl or cyclic N) is 1. The van der Waals surface area contributed by atoms with Crippen LogP contribution in [0.3, 0.4) is 0 Å². The summed E-state index contributed by atoms with van der Waals surface area (Å²) >= 11 is 0. The highest BCUT2D eigenvalue weighted by Crippen LogP contribution is 2.32. The van der Waals surface area contributed by atoms with Crippen LogP contribution in [0.25, 0.3) is 0 Å². The molecule has 2 fully saturated rings. The van der Waals surface area contributed by atoms with Crippen LogP contribution in [0, 0.1) is 0 Å². The van der Waals surface area contributed by atoms with Gasteiger partial charge in [-0.1, -0.05) is 6.07 Å². The van der Waals surface area contributed by atoms with Crippen molar-refractivity contribution in [3.63, 3.8) is 0 Å². The molecule has 0 aromatic heterocycles. The topological polar surface area (TPSA) is 92.3 Å². The van der Waals surface area contributed by atoms with Crippen molar-refractivity contribution in [3.05, 3.63) is 23.8 Å². The zero-order valence-corrected chi connectivity index (χ0v) is 15.9. The summed E-state index contributed by atoms with van der Waals surface area (Å²) in [4.78, 5) is 14.8. The average molecular weight is 379 g/mol. The van der Waals surface area contributed by atoms with Crippen molar-refractivity contribution in [2.45, 2.75) is 24.6 Å². The quantitative estimate of drug-likeness (QED) is 0.610. The zero-order valence-electron chi connectivity index (χ0n) is 15.9. The van der Waals surface area contributed by atoms with Gasteiger partial charge in [-0.3, -0.25) is 9.69 Å². The molecule has 8 nitrogen and oxygen atoms in total. The SMILES string of the molecule is COc1ccc(C(CNC(=O)C2CC(O)CN2)N2CCOCC2)cc1OC. The van der Waals surface area contributed by atoms with Crippen LogP contribution in [-0.4, -0.2) is 81.7 Å². The van der Waals surface area contributed by atoms with Gasteiger partial charge < -0.3 is 30.0 Å². The van der Waals surface area contributed by atoms with Gasteiger partial charge in [0.15, 0.2) is 11.5 Å². The third-order valence-corrected chi connectivity index (χ3v) is 5.17. The molecule has 0 saturated carbocycles. The van der Waals surface area contributed by atoms with Gasteiger partial charge in [-0.2, -0.15) is 0 Å². The number of amides is 1. The second-order valence-electron chi connectivity index (χ2n) is 6.87. The molecule has 0 aliphatic carbocycles. The maximum absolute atomic E-state index is 12.5. The van der Waals surface area contributed by atoms with Gasteiger partial charge in [0.05, 0.1) is 45.6 Å². The largest absolute Gasteiger partial charge is 0.493 e. The van der Waals surface area contributed by atoms with Gasteiger partial charge in [-0.05, 0) is 24.1 Å². The summed E-state index contributed by atoms with van der Waals surface area (Å²) in [6.45, 7) is 3.88. The molecule has 27 heavy (non-hydrogen) atoms. The maximum Gasteiger partial charge on any atom is 0.237 e. The first-order chi connectivity index (χ1) is 13.1. The van der Waals surface area contributed by atoms with Gasteiger partial charge in [0, 0.05) is 26.2 Å². The number of hydrogen-bond donors (Lipinski definition) is 3. The van der Waals surface area contributed by atoms with E-state index < -0.39 is 6.10 Å². The summed E-state index contributed by atoms with van der Waals surface area (Å²) < 4.78 is 16.2. The monoisotopic (exact) mass is 379 g/mol. The van der Waals surface area contributed by atoms with E-state index in [1.165, 1.54) is 0 Å². The van der Waals surface area contributed by atoms with Gasteiger partial charge in [-0.15, -0.1) is 0 Å². The number of morpholine rings is 1. The lowest BCUT2D eigenvalue weighted by molar-refractivity contribution is -0.123. The van der Waals surface area contributed by atoms with E-state index >= 15 is 0 Å². The molecule has 3 rings (SSSR count). The highest BCUT2D eigenvalue weighted by Gasteiger charge is 2.30. The Balaban J connectivity index is 1.73. The Labute approximate surface area is 159 Å². The van der Waals surface area contributed by atoms with E-state index in [-0.39, 0.29) is 18.0 Å². The zero-order chi connectivity index (χ0) is 19.2. The molecular weight excluding hydrogens is 350 g/mol. The Morgan fingerprint density at radius 2 is 2.07 bits per heavy atom. The normalized spacial score (nSPS) is 24.4. The van der Waals surface area contributed by atoms with E-state index in [0.717, 1.165) is 18.7 Å². The van der Waals surface area contributed by atoms with Crippen molar-refractivity contribution in [1.82, 2.24) is 15.5 Å². The Kier molecular flexibility index (Phi) is 6.89. The van der Waals surface area contributed by atoms with Crippen LogP contribution in [0.1, 0.15) is 18.0 Å². The number of nitrogens with one attached hydrogen (secondary N) is 2. The van der Waals surface area contributed by atoms with Gasteiger partial charge in [0.2, 0.25) is 5.91 Å². The predicted molar refractivity (Wildman–Crippen MR) is 100 cm³/mol. The number of carbonyl (C=O) groups is 1. The van der Waals surface area contributed by atoms with E-state index in [4.69, 9.17) is 14.2 Å². The standard InChI is InChI=1S/C19H29N3O5/c1-25-17-4-3-13(9-18(17)26-2)16(22-5-7-27-8-6-22)12-21-19(24)15-10-14(23)11-20-15/h3-4,9,14-16,20,23H,5-8,10-12H2,1-2H3,(H,21,24). The number of carbonyl (C=O) groups excluding carboxylic acids is 1. The summed E-state index contributed by atoms with van der Waals surface area (Å²) in [6.07, 6.45) is -0.00799. The molecule has 0 spiro atoms. The van der Waals surface area contributed by atoms with Gasteiger partial charge in [0.25, 0.3) is 0 Å². The molecule has 8 heteroatoms. The van der Waals surface area contributed by atoms with Crippen LogP contribution in [0.2, 0.25) is 0 Å². The van der Waals surface area contributed by atoms with Crippen LogP contribution in [-0.2, 0) is 9.53 Å². The fraction of sp³-hybridized carbons (Fsp3) is 0.632. The first-order valence-electron chi connectivity index (χ1n) is 9.35. The fourth-order valence-corrected chi connectivity index (χ4v) is 3.64. The van der Waals surface area contributed by atoms with E-state index in [1.807, 2.05) is 18.2 Å². The molecule has 1 aromatic carbocycles. The first kappa shape index (κ1) is 19.9. The van der Waals surface area contributed by atoms with E-state index in [0.29, 0.717) is 44.2 Å². The molecule has 2 aliphatic rings. The maximum atomic E-state index is 12.5. The Morgan fingerprint density at radius 1 is 1.33 bits per heavy atom. The summed E-state index contributed by atoms with van der Waals surface area (Å²) in [5, 5.41) is 15.7. The number of aliphatic hydroxyl groups excluding tert-OH is 1. The number of rotatable bonds is 7. The van der Waals surface area contributed by atoms with E-state index in [9.17, 15) is 9.90 Å². The minimum Gasteiger partial charge on any atom is -0.493 e. The van der Waals surface area contributed by atoms with Crippen LogP contribution >= 0.6 is 0 Å². The second-order valence-corrected chi connectivity index (χ2v) is 6.87. The van der Waals surface area contributed by atoms with Crippen LogP contribution in [0.4, 0.5) is 0 Å².